The van der Waals surface area contributed by atoms with Gasteiger partial charge in [-0.25, -0.2) is 9.50 Å². The first-order valence-electron chi connectivity index (χ1n) is 11.0. The van der Waals surface area contributed by atoms with Gasteiger partial charge in [0.05, 0.1) is 19.0 Å². The van der Waals surface area contributed by atoms with Gasteiger partial charge in [0.15, 0.2) is 0 Å². The van der Waals surface area contributed by atoms with Gasteiger partial charge in [0.25, 0.3) is 5.78 Å². The van der Waals surface area contributed by atoms with Crippen LogP contribution in [0.3, 0.4) is 0 Å². The number of thioether (sulfide) groups is 1. The molecule has 1 aliphatic rings. The van der Waals surface area contributed by atoms with E-state index in [1.165, 1.54) is 22.9 Å². The van der Waals surface area contributed by atoms with Crippen LogP contribution in [-0.4, -0.2) is 75.5 Å². The molecule has 0 radical (unpaired) electrons. The molecular weight excluding hydrogens is 424 g/mol. The third kappa shape index (κ3) is 5.46. The SMILES string of the molecule is Cc1ccccc1Cc1c(C)nc2nc(SCC(=O)NCCN3CCOCC3)nn2c1C. The van der Waals surface area contributed by atoms with Crippen LogP contribution in [0.25, 0.3) is 5.78 Å². The summed E-state index contributed by atoms with van der Waals surface area (Å²) in [5, 5.41) is 8.15. The summed E-state index contributed by atoms with van der Waals surface area (Å²) in [4.78, 5) is 23.7. The Morgan fingerprint density at radius 1 is 1.16 bits per heavy atom. The van der Waals surface area contributed by atoms with Crippen molar-refractivity contribution in [1.82, 2.24) is 29.8 Å². The van der Waals surface area contributed by atoms with Crippen LogP contribution in [0.15, 0.2) is 29.4 Å². The molecule has 0 saturated carbocycles. The second-order valence-electron chi connectivity index (χ2n) is 8.06. The van der Waals surface area contributed by atoms with E-state index in [9.17, 15) is 4.79 Å². The molecule has 9 heteroatoms. The minimum atomic E-state index is -0.0109. The highest BCUT2D eigenvalue weighted by atomic mass is 32.2. The van der Waals surface area contributed by atoms with Crippen molar-refractivity contribution in [2.24, 2.45) is 0 Å². The normalized spacial score (nSPS) is 14.7. The Morgan fingerprint density at radius 3 is 2.72 bits per heavy atom. The molecule has 8 nitrogen and oxygen atoms in total. The number of nitrogens with zero attached hydrogens (tertiary/aromatic N) is 5. The highest BCUT2D eigenvalue weighted by Gasteiger charge is 2.16. The molecule has 2 aromatic heterocycles. The standard InChI is InChI=1S/C23H30N6O2S/c1-16-6-4-5-7-19(16)14-20-17(2)25-22-26-23(27-29(22)18(20)3)32-15-21(30)24-8-9-28-10-12-31-13-11-28/h4-7H,8-15H2,1-3H3,(H,24,30). The van der Waals surface area contributed by atoms with E-state index in [2.05, 4.69) is 63.4 Å². The van der Waals surface area contributed by atoms with Crippen molar-refractivity contribution in [3.8, 4) is 0 Å². The van der Waals surface area contributed by atoms with Crippen molar-refractivity contribution in [3.05, 3.63) is 52.3 Å². The number of nitrogens with one attached hydrogen (secondary N) is 1. The van der Waals surface area contributed by atoms with Crippen LogP contribution in [0.2, 0.25) is 0 Å². The molecule has 170 valence electrons. The summed E-state index contributed by atoms with van der Waals surface area (Å²) in [6.07, 6.45) is 0.807. The average Bonchev–Trinajstić information content (AvgIpc) is 3.20. The fourth-order valence-corrected chi connectivity index (χ4v) is 4.51. The zero-order chi connectivity index (χ0) is 22.5. The van der Waals surface area contributed by atoms with Gasteiger partial charge >= 0.3 is 0 Å². The highest BCUT2D eigenvalue weighted by Crippen LogP contribution is 2.21. The van der Waals surface area contributed by atoms with Crippen molar-refractivity contribution in [2.75, 3.05) is 45.1 Å². The molecule has 0 spiro atoms. The van der Waals surface area contributed by atoms with Crippen LogP contribution >= 0.6 is 11.8 Å². The third-order valence-corrected chi connectivity index (χ3v) is 6.68. The van der Waals surface area contributed by atoms with Gasteiger partial charge in [0.1, 0.15) is 0 Å². The van der Waals surface area contributed by atoms with Gasteiger partial charge in [-0.1, -0.05) is 36.0 Å². The minimum Gasteiger partial charge on any atom is -0.379 e. The maximum Gasteiger partial charge on any atom is 0.253 e. The summed E-state index contributed by atoms with van der Waals surface area (Å²) in [6.45, 7) is 11.1. The first-order chi connectivity index (χ1) is 15.5. The zero-order valence-electron chi connectivity index (χ0n) is 18.9. The van der Waals surface area contributed by atoms with E-state index in [1.807, 2.05) is 6.92 Å². The number of morpholine rings is 1. The Balaban J connectivity index is 1.37. The lowest BCUT2D eigenvalue weighted by Crippen LogP contribution is -2.41. The molecule has 1 aromatic carbocycles. The monoisotopic (exact) mass is 454 g/mol. The van der Waals surface area contributed by atoms with E-state index in [4.69, 9.17) is 4.74 Å². The Hall–Kier alpha value is -2.49. The summed E-state index contributed by atoms with van der Waals surface area (Å²) in [5.41, 5.74) is 5.70. The first kappa shape index (κ1) is 22.7. The summed E-state index contributed by atoms with van der Waals surface area (Å²) in [6, 6.07) is 8.40. The second kappa shape index (κ2) is 10.4. The second-order valence-corrected chi connectivity index (χ2v) is 9.01. The quantitative estimate of drug-likeness (QED) is 0.522. The van der Waals surface area contributed by atoms with Crippen molar-refractivity contribution in [1.29, 1.82) is 0 Å². The molecule has 1 saturated heterocycles. The summed E-state index contributed by atoms with van der Waals surface area (Å²) >= 11 is 1.34. The van der Waals surface area contributed by atoms with E-state index in [1.54, 1.807) is 4.52 Å². The summed E-state index contributed by atoms with van der Waals surface area (Å²) < 4.78 is 7.14. The van der Waals surface area contributed by atoms with Crippen molar-refractivity contribution >= 4 is 23.4 Å². The lowest BCUT2D eigenvalue weighted by atomic mass is 9.99. The van der Waals surface area contributed by atoms with Gasteiger partial charge in [0, 0.05) is 44.0 Å². The van der Waals surface area contributed by atoms with Crippen molar-refractivity contribution < 1.29 is 9.53 Å². The number of ether oxygens (including phenoxy) is 1. The Morgan fingerprint density at radius 2 is 1.94 bits per heavy atom. The smallest absolute Gasteiger partial charge is 0.253 e. The van der Waals surface area contributed by atoms with Crippen molar-refractivity contribution in [2.45, 2.75) is 32.3 Å². The van der Waals surface area contributed by atoms with Crippen LogP contribution in [0.4, 0.5) is 0 Å². The van der Waals surface area contributed by atoms with Crippen LogP contribution in [0, 0.1) is 20.8 Å². The molecule has 0 atom stereocenters. The topological polar surface area (TPSA) is 84.7 Å². The van der Waals surface area contributed by atoms with Crippen LogP contribution in [0.1, 0.15) is 28.1 Å². The predicted molar refractivity (Wildman–Crippen MR) is 125 cm³/mol. The number of carbonyl (C=O) groups excluding carboxylic acids is 1. The predicted octanol–water partition coefficient (Wildman–Crippen LogP) is 2.18. The fraction of sp³-hybridized carbons (Fsp3) is 0.478. The molecule has 3 aromatic rings. The number of fused-ring (bicyclic) bond motifs is 1. The van der Waals surface area contributed by atoms with Gasteiger partial charge in [-0.15, -0.1) is 5.10 Å². The lowest BCUT2D eigenvalue weighted by molar-refractivity contribution is -0.118. The Bertz CT molecular complexity index is 1090. The number of carbonyl (C=O) groups is 1. The number of benzene rings is 1. The first-order valence-corrected chi connectivity index (χ1v) is 12.0. The molecule has 0 unspecified atom stereocenters. The number of aryl methyl sites for hydroxylation is 3. The molecule has 0 bridgehead atoms. The largest absolute Gasteiger partial charge is 0.379 e. The molecule has 32 heavy (non-hydrogen) atoms. The van der Waals surface area contributed by atoms with E-state index < -0.39 is 0 Å². The molecular formula is C23H30N6O2S. The van der Waals surface area contributed by atoms with E-state index in [0.717, 1.165) is 56.2 Å². The van der Waals surface area contributed by atoms with Crippen molar-refractivity contribution in [3.63, 3.8) is 0 Å². The maximum absolute atomic E-state index is 12.2. The van der Waals surface area contributed by atoms with E-state index in [-0.39, 0.29) is 11.7 Å². The van der Waals surface area contributed by atoms with Crippen LogP contribution in [0.5, 0.6) is 0 Å². The molecule has 1 N–H and O–H groups in total. The van der Waals surface area contributed by atoms with Gasteiger partial charge in [-0.3, -0.25) is 9.69 Å². The zero-order valence-corrected chi connectivity index (χ0v) is 19.7. The van der Waals surface area contributed by atoms with Crippen LogP contribution < -0.4 is 5.32 Å². The number of hydrogen-bond donors (Lipinski definition) is 1. The third-order valence-electron chi connectivity index (χ3n) is 5.84. The average molecular weight is 455 g/mol. The number of amides is 1. The number of aromatic nitrogens is 4. The van der Waals surface area contributed by atoms with Gasteiger partial charge < -0.3 is 10.1 Å². The minimum absolute atomic E-state index is 0.0109. The lowest BCUT2D eigenvalue weighted by Gasteiger charge is -2.26. The van der Waals surface area contributed by atoms with Gasteiger partial charge in [0.2, 0.25) is 11.1 Å². The molecule has 4 rings (SSSR count). The number of rotatable bonds is 8. The highest BCUT2D eigenvalue weighted by molar-refractivity contribution is 7.99. The number of hydrogen-bond acceptors (Lipinski definition) is 7. The summed E-state index contributed by atoms with van der Waals surface area (Å²) in [5.74, 6) is 0.848. The molecule has 3 heterocycles. The summed E-state index contributed by atoms with van der Waals surface area (Å²) in [7, 11) is 0. The van der Waals surface area contributed by atoms with Gasteiger partial charge in [-0.05, 0) is 37.5 Å². The van der Waals surface area contributed by atoms with E-state index >= 15 is 0 Å². The molecule has 1 aliphatic heterocycles. The van der Waals surface area contributed by atoms with Crippen LogP contribution in [-0.2, 0) is 16.0 Å². The molecule has 1 fully saturated rings. The van der Waals surface area contributed by atoms with E-state index in [0.29, 0.717) is 17.5 Å². The van der Waals surface area contributed by atoms with Gasteiger partial charge in [-0.2, -0.15) is 4.98 Å². The fourth-order valence-electron chi connectivity index (χ4n) is 3.87. The Labute approximate surface area is 192 Å². The maximum atomic E-state index is 12.2. The molecule has 0 aliphatic carbocycles. The Kier molecular flexibility index (Phi) is 7.39. The molecule has 1 amide bonds.